The molecule has 1 saturated heterocycles. The van der Waals surface area contributed by atoms with Gasteiger partial charge in [-0.3, -0.25) is 4.90 Å². The lowest BCUT2D eigenvalue weighted by atomic mass is 9.79. The molecular weight excluding hydrogens is 226 g/mol. The van der Waals surface area contributed by atoms with E-state index < -0.39 is 0 Å². The van der Waals surface area contributed by atoms with Crippen LogP contribution in [0.15, 0.2) is 0 Å². The number of nitrogens with zero attached hydrogens (tertiary/aromatic N) is 2. The Morgan fingerprint density at radius 2 is 2.17 bits per heavy atom. The predicted molar refractivity (Wildman–Crippen MR) is 74.8 cm³/mol. The van der Waals surface area contributed by atoms with Crippen LogP contribution in [0.2, 0.25) is 0 Å². The second-order valence-electron chi connectivity index (χ2n) is 6.34. The van der Waals surface area contributed by atoms with Crippen LogP contribution in [-0.4, -0.2) is 73.4 Å². The van der Waals surface area contributed by atoms with E-state index in [9.17, 15) is 5.11 Å². The Bertz CT molecular complexity index is 266. The van der Waals surface area contributed by atoms with Gasteiger partial charge >= 0.3 is 0 Å². The standard InChI is InChI=1S/C14H29N3O/c1-15-14(11-18)7-4-5-12(9-14)17-8-6-13(10-17)16(2)3/h12-13,15,18H,4-11H2,1-3H3. The molecule has 0 amide bonds. The van der Waals surface area contributed by atoms with Crippen LogP contribution in [0.25, 0.3) is 0 Å². The zero-order chi connectivity index (χ0) is 13.2. The van der Waals surface area contributed by atoms with Crippen LogP contribution in [0.3, 0.4) is 0 Å². The smallest absolute Gasteiger partial charge is 0.0613 e. The van der Waals surface area contributed by atoms with Gasteiger partial charge in [-0.05, 0) is 53.2 Å². The second kappa shape index (κ2) is 5.87. The van der Waals surface area contributed by atoms with Crippen molar-refractivity contribution in [3.63, 3.8) is 0 Å². The van der Waals surface area contributed by atoms with E-state index >= 15 is 0 Å². The first-order valence-electron chi connectivity index (χ1n) is 7.30. The summed E-state index contributed by atoms with van der Waals surface area (Å²) in [6.07, 6.45) is 6.02. The summed E-state index contributed by atoms with van der Waals surface area (Å²) in [5, 5.41) is 13.0. The molecule has 3 atom stereocenters. The minimum absolute atomic E-state index is 0.0287. The molecule has 2 aliphatic rings. The topological polar surface area (TPSA) is 38.7 Å². The number of rotatable bonds is 4. The monoisotopic (exact) mass is 255 g/mol. The highest BCUT2D eigenvalue weighted by Gasteiger charge is 2.38. The average Bonchev–Trinajstić information content (AvgIpc) is 2.88. The van der Waals surface area contributed by atoms with Gasteiger partial charge in [0.25, 0.3) is 0 Å². The van der Waals surface area contributed by atoms with Gasteiger partial charge in [-0.25, -0.2) is 0 Å². The molecule has 1 aliphatic heterocycles. The number of hydrogen-bond acceptors (Lipinski definition) is 4. The summed E-state index contributed by atoms with van der Waals surface area (Å²) in [6, 6.07) is 1.37. The largest absolute Gasteiger partial charge is 0.394 e. The van der Waals surface area contributed by atoms with Crippen LogP contribution in [-0.2, 0) is 0 Å². The molecule has 106 valence electrons. The molecule has 4 nitrogen and oxygen atoms in total. The molecular formula is C14H29N3O. The van der Waals surface area contributed by atoms with Crippen molar-refractivity contribution in [3.05, 3.63) is 0 Å². The van der Waals surface area contributed by atoms with E-state index in [1.165, 1.54) is 32.4 Å². The summed E-state index contributed by atoms with van der Waals surface area (Å²) in [7, 11) is 6.35. The second-order valence-corrected chi connectivity index (χ2v) is 6.34. The highest BCUT2D eigenvalue weighted by molar-refractivity contribution is 4.97. The maximum Gasteiger partial charge on any atom is 0.0613 e. The summed E-state index contributed by atoms with van der Waals surface area (Å²) in [6.45, 7) is 2.69. The third-order valence-electron chi connectivity index (χ3n) is 5.09. The maximum absolute atomic E-state index is 9.65. The Hall–Kier alpha value is -0.160. The molecule has 0 bridgehead atoms. The van der Waals surface area contributed by atoms with Crippen molar-refractivity contribution in [2.45, 2.75) is 49.7 Å². The molecule has 1 saturated carbocycles. The van der Waals surface area contributed by atoms with Crippen LogP contribution in [0.5, 0.6) is 0 Å². The lowest BCUT2D eigenvalue weighted by Crippen LogP contribution is -2.54. The molecule has 2 fully saturated rings. The molecule has 3 unspecified atom stereocenters. The highest BCUT2D eigenvalue weighted by atomic mass is 16.3. The number of likely N-dealkylation sites (N-methyl/N-ethyl adjacent to an activating group) is 2. The van der Waals surface area contributed by atoms with E-state index in [2.05, 4.69) is 29.2 Å². The summed E-state index contributed by atoms with van der Waals surface area (Å²) in [5.74, 6) is 0. The van der Waals surface area contributed by atoms with Gasteiger partial charge in [0.2, 0.25) is 0 Å². The van der Waals surface area contributed by atoms with Crippen molar-refractivity contribution in [2.75, 3.05) is 40.8 Å². The fraction of sp³-hybridized carbons (Fsp3) is 1.00. The van der Waals surface area contributed by atoms with E-state index in [0.717, 1.165) is 12.8 Å². The molecule has 0 spiro atoms. The van der Waals surface area contributed by atoms with Gasteiger partial charge in [-0.2, -0.15) is 0 Å². The SMILES string of the molecule is CNC1(CO)CCCC(N2CCC(N(C)C)C2)C1. The molecule has 18 heavy (non-hydrogen) atoms. The fourth-order valence-electron chi connectivity index (χ4n) is 3.61. The maximum atomic E-state index is 9.65. The Morgan fingerprint density at radius 1 is 1.39 bits per heavy atom. The molecule has 1 heterocycles. The first kappa shape index (κ1) is 14.3. The number of aliphatic hydroxyl groups excluding tert-OH is 1. The van der Waals surface area contributed by atoms with Gasteiger partial charge in [0.1, 0.15) is 0 Å². The van der Waals surface area contributed by atoms with E-state index in [0.29, 0.717) is 12.1 Å². The molecule has 2 N–H and O–H groups in total. The van der Waals surface area contributed by atoms with E-state index in [1.807, 2.05) is 7.05 Å². The van der Waals surface area contributed by atoms with Crippen LogP contribution in [0.4, 0.5) is 0 Å². The Balaban J connectivity index is 1.94. The van der Waals surface area contributed by atoms with Gasteiger partial charge in [0.15, 0.2) is 0 Å². The van der Waals surface area contributed by atoms with Crippen LogP contribution >= 0.6 is 0 Å². The van der Waals surface area contributed by atoms with Gasteiger partial charge in [0, 0.05) is 30.7 Å². The molecule has 2 rings (SSSR count). The van der Waals surface area contributed by atoms with Crippen molar-refractivity contribution < 1.29 is 5.11 Å². The third kappa shape index (κ3) is 2.87. The van der Waals surface area contributed by atoms with Crippen LogP contribution in [0.1, 0.15) is 32.1 Å². The van der Waals surface area contributed by atoms with Gasteiger partial charge in [-0.1, -0.05) is 0 Å². The summed E-state index contributed by atoms with van der Waals surface area (Å²) < 4.78 is 0. The number of aliphatic hydroxyl groups is 1. The van der Waals surface area contributed by atoms with Crippen LogP contribution in [0, 0.1) is 0 Å². The Labute approximate surface area is 111 Å². The predicted octanol–water partition coefficient (Wildman–Crippen LogP) is 0.515. The quantitative estimate of drug-likeness (QED) is 0.768. The minimum Gasteiger partial charge on any atom is -0.394 e. The van der Waals surface area contributed by atoms with E-state index in [4.69, 9.17) is 0 Å². The third-order valence-corrected chi connectivity index (χ3v) is 5.09. The molecule has 0 aromatic rings. The summed E-state index contributed by atoms with van der Waals surface area (Å²) in [4.78, 5) is 4.99. The van der Waals surface area contributed by atoms with Crippen molar-refractivity contribution in [3.8, 4) is 0 Å². The number of nitrogens with one attached hydrogen (secondary N) is 1. The summed E-state index contributed by atoms with van der Waals surface area (Å²) >= 11 is 0. The summed E-state index contributed by atoms with van der Waals surface area (Å²) in [5.41, 5.74) is -0.0287. The highest BCUT2D eigenvalue weighted by Crippen LogP contribution is 2.32. The molecule has 0 radical (unpaired) electrons. The number of hydrogen-bond donors (Lipinski definition) is 2. The number of likely N-dealkylation sites (tertiary alicyclic amines) is 1. The molecule has 1 aliphatic carbocycles. The first-order chi connectivity index (χ1) is 8.60. The minimum atomic E-state index is -0.0287. The van der Waals surface area contributed by atoms with E-state index in [-0.39, 0.29) is 12.1 Å². The Morgan fingerprint density at radius 3 is 2.72 bits per heavy atom. The van der Waals surface area contributed by atoms with Crippen molar-refractivity contribution in [1.82, 2.24) is 15.1 Å². The average molecular weight is 255 g/mol. The first-order valence-corrected chi connectivity index (χ1v) is 7.30. The van der Waals surface area contributed by atoms with E-state index in [1.54, 1.807) is 0 Å². The van der Waals surface area contributed by atoms with Crippen LogP contribution < -0.4 is 5.32 Å². The molecule has 0 aromatic heterocycles. The van der Waals surface area contributed by atoms with Crippen molar-refractivity contribution >= 4 is 0 Å². The zero-order valence-electron chi connectivity index (χ0n) is 12.2. The Kier molecular flexibility index (Phi) is 4.64. The lowest BCUT2D eigenvalue weighted by molar-refractivity contribution is 0.0714. The molecule has 4 heteroatoms. The van der Waals surface area contributed by atoms with Crippen molar-refractivity contribution in [2.24, 2.45) is 0 Å². The normalized spacial score (nSPS) is 38.5. The van der Waals surface area contributed by atoms with Gasteiger partial charge in [0.05, 0.1) is 6.61 Å². The zero-order valence-corrected chi connectivity index (χ0v) is 12.2. The fourth-order valence-corrected chi connectivity index (χ4v) is 3.61. The van der Waals surface area contributed by atoms with Gasteiger partial charge < -0.3 is 15.3 Å². The lowest BCUT2D eigenvalue weighted by Gasteiger charge is -2.43. The molecule has 0 aromatic carbocycles. The van der Waals surface area contributed by atoms with Crippen molar-refractivity contribution in [1.29, 1.82) is 0 Å². The van der Waals surface area contributed by atoms with Gasteiger partial charge in [-0.15, -0.1) is 0 Å².